The van der Waals surface area contributed by atoms with Gasteiger partial charge in [0.15, 0.2) is 5.84 Å². The number of rotatable bonds is 4. The van der Waals surface area contributed by atoms with Crippen LogP contribution in [0.4, 0.5) is 0 Å². The third-order valence-corrected chi connectivity index (χ3v) is 5.01. The number of aliphatic hydroxyl groups excluding tert-OH is 1. The average molecular weight is 368 g/mol. The van der Waals surface area contributed by atoms with Gasteiger partial charge < -0.3 is 24.1 Å². The first-order valence-corrected chi connectivity index (χ1v) is 9.17. The summed E-state index contributed by atoms with van der Waals surface area (Å²) in [6.45, 7) is 3.36. The smallest absolute Gasteiger partial charge is 0.171 e. The molecule has 0 spiro atoms. The number of benzene rings is 1. The molecule has 4 rings (SSSR count). The first-order chi connectivity index (χ1) is 13.2. The normalized spacial score (nSPS) is 20.9. The molecule has 2 aliphatic heterocycles. The van der Waals surface area contributed by atoms with E-state index >= 15 is 0 Å². The summed E-state index contributed by atoms with van der Waals surface area (Å²) >= 11 is 0. The maximum atomic E-state index is 9.59. The van der Waals surface area contributed by atoms with E-state index in [1.165, 1.54) is 0 Å². The predicted molar refractivity (Wildman–Crippen MR) is 103 cm³/mol. The predicted octanol–water partition coefficient (Wildman–Crippen LogP) is 2.37. The van der Waals surface area contributed by atoms with Crippen molar-refractivity contribution in [2.75, 3.05) is 26.9 Å². The summed E-state index contributed by atoms with van der Waals surface area (Å²) < 4.78 is 7.56. The zero-order chi connectivity index (χ0) is 18.8. The fourth-order valence-electron chi connectivity index (χ4n) is 3.62. The number of oxime groups is 1. The maximum Gasteiger partial charge on any atom is 0.171 e. The van der Waals surface area contributed by atoms with Crippen molar-refractivity contribution in [3.05, 3.63) is 47.6 Å². The molecule has 0 saturated carbocycles. The first-order valence-electron chi connectivity index (χ1n) is 9.17. The molecule has 0 bridgehead atoms. The lowest BCUT2D eigenvalue weighted by atomic mass is 9.98. The Balaban J connectivity index is 1.66. The van der Waals surface area contributed by atoms with E-state index in [1.54, 1.807) is 13.4 Å². The van der Waals surface area contributed by atoms with Gasteiger partial charge in [0.25, 0.3) is 0 Å². The van der Waals surface area contributed by atoms with Gasteiger partial charge in [0.2, 0.25) is 0 Å². The molecule has 3 heterocycles. The monoisotopic (exact) mass is 368 g/mol. The SMILES string of the molecule is COc1cc(C=C2CCCN3C2=NOC[C@H]3CO)ccc1-n1cnc(C)c1. The Morgan fingerprint density at radius 3 is 3.04 bits per heavy atom. The molecule has 0 unspecified atom stereocenters. The minimum atomic E-state index is -0.0254. The molecule has 1 aromatic carbocycles. The molecule has 0 amide bonds. The van der Waals surface area contributed by atoms with Crippen molar-refractivity contribution < 1.29 is 14.7 Å². The van der Waals surface area contributed by atoms with Crippen molar-refractivity contribution in [3.63, 3.8) is 0 Å². The number of hydrogen-bond acceptors (Lipinski definition) is 6. The summed E-state index contributed by atoms with van der Waals surface area (Å²) in [6.07, 6.45) is 7.84. The van der Waals surface area contributed by atoms with Crippen LogP contribution in [0.3, 0.4) is 0 Å². The van der Waals surface area contributed by atoms with Gasteiger partial charge in [-0.25, -0.2) is 4.98 Å². The van der Waals surface area contributed by atoms with Gasteiger partial charge in [0.05, 0.1) is 37.5 Å². The molecular formula is C20H24N4O3. The van der Waals surface area contributed by atoms with Gasteiger partial charge >= 0.3 is 0 Å². The molecule has 7 heteroatoms. The molecular weight excluding hydrogens is 344 g/mol. The number of methoxy groups -OCH3 is 1. The van der Waals surface area contributed by atoms with Crippen LogP contribution in [0, 0.1) is 6.92 Å². The van der Waals surface area contributed by atoms with E-state index in [0.29, 0.717) is 6.61 Å². The van der Waals surface area contributed by atoms with Crippen LogP contribution in [-0.2, 0) is 4.84 Å². The number of amidine groups is 1. The summed E-state index contributed by atoms with van der Waals surface area (Å²) in [5.74, 6) is 1.62. The van der Waals surface area contributed by atoms with Crippen LogP contribution in [0.25, 0.3) is 11.8 Å². The highest BCUT2D eigenvalue weighted by atomic mass is 16.6. The van der Waals surface area contributed by atoms with Gasteiger partial charge in [-0.05, 0) is 49.1 Å². The Kier molecular flexibility index (Phi) is 4.85. The number of aliphatic hydroxyl groups is 1. The van der Waals surface area contributed by atoms with Crippen LogP contribution in [0.5, 0.6) is 5.75 Å². The Hall–Kier alpha value is -2.80. The van der Waals surface area contributed by atoms with Gasteiger partial charge in [-0.2, -0.15) is 0 Å². The second kappa shape index (κ2) is 7.44. The van der Waals surface area contributed by atoms with E-state index in [1.807, 2.05) is 29.8 Å². The number of aryl methyl sites for hydroxylation is 1. The lowest BCUT2D eigenvalue weighted by Gasteiger charge is -2.39. The number of hydrogen-bond donors (Lipinski definition) is 1. The first kappa shape index (κ1) is 17.6. The van der Waals surface area contributed by atoms with Crippen LogP contribution in [0.1, 0.15) is 24.1 Å². The van der Waals surface area contributed by atoms with E-state index in [4.69, 9.17) is 9.57 Å². The molecule has 2 aromatic rings. The molecule has 1 saturated heterocycles. The largest absolute Gasteiger partial charge is 0.495 e. The quantitative estimate of drug-likeness (QED) is 0.897. The van der Waals surface area contributed by atoms with E-state index in [9.17, 15) is 5.11 Å². The van der Waals surface area contributed by atoms with Crippen molar-refractivity contribution in [2.45, 2.75) is 25.8 Å². The Bertz CT molecular complexity index is 887. The van der Waals surface area contributed by atoms with Crippen molar-refractivity contribution in [1.82, 2.24) is 14.5 Å². The lowest BCUT2D eigenvalue weighted by molar-refractivity contribution is 0.0324. The highest BCUT2D eigenvalue weighted by Crippen LogP contribution is 2.29. The summed E-state index contributed by atoms with van der Waals surface area (Å²) in [7, 11) is 1.67. The fraction of sp³-hybridized carbons (Fsp3) is 0.400. The number of aromatic nitrogens is 2. The Morgan fingerprint density at radius 1 is 1.41 bits per heavy atom. The summed E-state index contributed by atoms with van der Waals surface area (Å²) in [4.78, 5) is 11.8. The summed E-state index contributed by atoms with van der Waals surface area (Å²) in [5.41, 5.74) is 4.06. The van der Waals surface area contributed by atoms with E-state index in [0.717, 1.165) is 53.5 Å². The van der Waals surface area contributed by atoms with Crippen LogP contribution in [0.15, 0.2) is 41.5 Å². The van der Waals surface area contributed by atoms with Crippen molar-refractivity contribution in [2.24, 2.45) is 5.16 Å². The second-order valence-electron chi connectivity index (χ2n) is 6.87. The molecule has 0 aliphatic carbocycles. The molecule has 27 heavy (non-hydrogen) atoms. The highest BCUT2D eigenvalue weighted by molar-refractivity contribution is 6.02. The van der Waals surface area contributed by atoms with Gasteiger partial charge in [-0.15, -0.1) is 0 Å². The minimum Gasteiger partial charge on any atom is -0.495 e. The third-order valence-electron chi connectivity index (χ3n) is 5.01. The molecule has 1 fully saturated rings. The number of ether oxygens (including phenoxy) is 1. The molecule has 0 radical (unpaired) electrons. The number of nitrogens with zero attached hydrogens (tertiary/aromatic N) is 4. The molecule has 1 atom stereocenters. The zero-order valence-electron chi connectivity index (χ0n) is 15.6. The van der Waals surface area contributed by atoms with Crippen LogP contribution >= 0.6 is 0 Å². The van der Waals surface area contributed by atoms with Crippen LogP contribution < -0.4 is 4.74 Å². The average Bonchev–Trinajstić information content (AvgIpc) is 3.13. The topological polar surface area (TPSA) is 72.1 Å². The second-order valence-corrected chi connectivity index (χ2v) is 6.87. The lowest BCUT2D eigenvalue weighted by Crippen LogP contribution is -2.50. The van der Waals surface area contributed by atoms with Crippen LogP contribution in [-0.4, -0.2) is 58.3 Å². The third kappa shape index (κ3) is 3.42. The number of fused-ring (bicyclic) bond motifs is 1. The molecule has 1 aromatic heterocycles. The molecule has 1 N–H and O–H groups in total. The highest BCUT2D eigenvalue weighted by Gasteiger charge is 2.31. The van der Waals surface area contributed by atoms with Gasteiger partial charge in [0, 0.05) is 12.7 Å². The Morgan fingerprint density at radius 2 is 2.30 bits per heavy atom. The van der Waals surface area contributed by atoms with E-state index < -0.39 is 0 Å². The zero-order valence-corrected chi connectivity index (χ0v) is 15.6. The van der Waals surface area contributed by atoms with Crippen LogP contribution in [0.2, 0.25) is 0 Å². The maximum absolute atomic E-state index is 9.59. The molecule has 2 aliphatic rings. The van der Waals surface area contributed by atoms with Crippen molar-refractivity contribution in [1.29, 1.82) is 0 Å². The van der Waals surface area contributed by atoms with Crippen molar-refractivity contribution >= 4 is 11.9 Å². The molecule has 7 nitrogen and oxygen atoms in total. The Labute approximate surface area is 158 Å². The van der Waals surface area contributed by atoms with Gasteiger partial charge in [0.1, 0.15) is 12.4 Å². The summed E-state index contributed by atoms with van der Waals surface area (Å²) in [5, 5.41) is 13.9. The van der Waals surface area contributed by atoms with E-state index in [-0.39, 0.29) is 12.6 Å². The van der Waals surface area contributed by atoms with E-state index in [2.05, 4.69) is 27.2 Å². The van der Waals surface area contributed by atoms with Gasteiger partial charge in [-0.1, -0.05) is 11.2 Å². The number of imidazole rings is 1. The number of piperidine rings is 1. The van der Waals surface area contributed by atoms with Crippen molar-refractivity contribution in [3.8, 4) is 11.4 Å². The summed E-state index contributed by atoms with van der Waals surface area (Å²) in [6, 6.07) is 6.09. The minimum absolute atomic E-state index is 0.0254. The molecule has 142 valence electrons. The standard InChI is InChI=1S/C20H24N4O3/c1-14-10-23(13-21-14)18-6-5-15(9-19(18)26-2)8-16-4-3-7-24-17(11-25)12-27-22-20(16)24/h5-6,8-10,13,17,25H,3-4,7,11-12H2,1-2H3/t17-/m1/s1. The fourth-order valence-corrected chi connectivity index (χ4v) is 3.62. The van der Waals surface area contributed by atoms with Gasteiger partial charge in [-0.3, -0.25) is 0 Å².